The molecule has 24 heavy (non-hydrogen) atoms. The van der Waals surface area contributed by atoms with E-state index in [4.69, 9.17) is 15.2 Å². The molecule has 2 N–H and O–H groups in total. The quantitative estimate of drug-likeness (QED) is 0.907. The molecule has 0 aliphatic carbocycles. The zero-order chi connectivity index (χ0) is 17.2. The molecular weight excluding hydrogens is 311 g/mol. The minimum atomic E-state index is -0.647. The van der Waals surface area contributed by atoms with E-state index in [0.29, 0.717) is 39.1 Å². The van der Waals surface area contributed by atoms with Crippen LogP contribution in [0.5, 0.6) is 0 Å². The number of piperidine rings is 1. The van der Waals surface area contributed by atoms with Crippen molar-refractivity contribution in [2.75, 3.05) is 33.4 Å². The summed E-state index contributed by atoms with van der Waals surface area (Å²) in [6.45, 7) is 2.19. The lowest BCUT2D eigenvalue weighted by molar-refractivity contribution is -0.145. The number of methoxy groups -OCH3 is 1. The number of ether oxygens (including phenoxy) is 2. The summed E-state index contributed by atoms with van der Waals surface area (Å²) in [4.78, 5) is 15.3. The second kappa shape index (κ2) is 7.17. The van der Waals surface area contributed by atoms with Crippen molar-refractivity contribution in [1.82, 2.24) is 4.90 Å². The summed E-state index contributed by atoms with van der Waals surface area (Å²) < 4.78 is 24.2. The third kappa shape index (κ3) is 3.18. The number of hydrogen-bond donors (Lipinski definition) is 1. The van der Waals surface area contributed by atoms with Gasteiger partial charge in [0.05, 0.1) is 11.5 Å². The summed E-state index contributed by atoms with van der Waals surface area (Å²) in [6, 6.07) is 6.24. The highest BCUT2D eigenvalue weighted by molar-refractivity contribution is 5.88. The van der Waals surface area contributed by atoms with Crippen molar-refractivity contribution < 1.29 is 18.7 Å². The Morgan fingerprint density at radius 2 is 2.00 bits per heavy atom. The molecule has 0 aromatic heterocycles. The Kier molecular flexibility index (Phi) is 5.18. The monoisotopic (exact) mass is 336 g/mol. The van der Waals surface area contributed by atoms with Crippen LogP contribution in [0.25, 0.3) is 0 Å². The number of carbonyl (C=O) groups is 1. The van der Waals surface area contributed by atoms with Crippen LogP contribution in [0.3, 0.4) is 0 Å². The average molecular weight is 336 g/mol. The van der Waals surface area contributed by atoms with Crippen LogP contribution in [-0.2, 0) is 19.7 Å². The van der Waals surface area contributed by atoms with Gasteiger partial charge in [-0.05, 0) is 37.0 Å². The van der Waals surface area contributed by atoms with Gasteiger partial charge >= 0.3 is 0 Å². The highest BCUT2D eigenvalue weighted by atomic mass is 19.1. The zero-order valence-electron chi connectivity index (χ0n) is 14.0. The second-order valence-corrected chi connectivity index (χ2v) is 6.68. The number of likely N-dealkylation sites (tertiary alicyclic amines) is 1. The molecule has 2 saturated heterocycles. The summed E-state index contributed by atoms with van der Waals surface area (Å²) in [5.74, 6) is -0.219. The Balaban J connectivity index is 1.88. The first kappa shape index (κ1) is 17.3. The van der Waals surface area contributed by atoms with Crippen LogP contribution in [0.15, 0.2) is 24.3 Å². The highest BCUT2D eigenvalue weighted by Crippen LogP contribution is 2.37. The van der Waals surface area contributed by atoms with Crippen LogP contribution in [0.1, 0.15) is 24.8 Å². The molecule has 1 aromatic carbocycles. The van der Waals surface area contributed by atoms with Gasteiger partial charge in [-0.2, -0.15) is 0 Å². The van der Waals surface area contributed by atoms with E-state index in [1.165, 1.54) is 12.1 Å². The Morgan fingerprint density at radius 1 is 1.33 bits per heavy atom. The molecule has 2 fully saturated rings. The Morgan fingerprint density at radius 3 is 2.62 bits per heavy atom. The first-order valence-electron chi connectivity index (χ1n) is 8.48. The molecule has 1 amide bonds. The maximum absolute atomic E-state index is 13.4. The van der Waals surface area contributed by atoms with Gasteiger partial charge in [0.15, 0.2) is 0 Å². The fourth-order valence-electron chi connectivity index (χ4n) is 3.79. The lowest BCUT2D eigenvalue weighted by Crippen LogP contribution is -2.58. The van der Waals surface area contributed by atoms with E-state index in [-0.39, 0.29) is 23.9 Å². The van der Waals surface area contributed by atoms with Gasteiger partial charge in [-0.25, -0.2) is 4.39 Å². The molecule has 2 heterocycles. The van der Waals surface area contributed by atoms with Gasteiger partial charge in [0.2, 0.25) is 5.91 Å². The average Bonchev–Trinajstić information content (AvgIpc) is 2.62. The minimum absolute atomic E-state index is 0.0458. The van der Waals surface area contributed by atoms with Crippen LogP contribution >= 0.6 is 0 Å². The number of benzene rings is 1. The number of nitrogens with two attached hydrogens (primary N) is 1. The Bertz CT molecular complexity index is 572. The third-order valence-electron chi connectivity index (χ3n) is 5.35. The van der Waals surface area contributed by atoms with Gasteiger partial charge in [0, 0.05) is 39.5 Å². The molecule has 1 aromatic rings. The standard InChI is InChI=1S/C18H25FN2O3/c1-23-16-12-21(9-6-15(16)20)17(22)18(7-10-24-11-8-18)13-2-4-14(19)5-3-13/h2-5,15-16H,6-12,20H2,1H3/t15-,16+/m1/s1. The van der Waals surface area contributed by atoms with E-state index in [9.17, 15) is 9.18 Å². The van der Waals surface area contributed by atoms with E-state index in [1.54, 1.807) is 19.2 Å². The van der Waals surface area contributed by atoms with Gasteiger partial charge in [0.25, 0.3) is 0 Å². The van der Waals surface area contributed by atoms with Crippen molar-refractivity contribution >= 4 is 5.91 Å². The maximum atomic E-state index is 13.4. The second-order valence-electron chi connectivity index (χ2n) is 6.68. The predicted octanol–water partition coefficient (Wildman–Crippen LogP) is 1.45. The van der Waals surface area contributed by atoms with Crippen molar-refractivity contribution in [3.05, 3.63) is 35.6 Å². The molecule has 3 rings (SSSR count). The molecule has 6 heteroatoms. The first-order valence-corrected chi connectivity index (χ1v) is 8.48. The van der Waals surface area contributed by atoms with Crippen LogP contribution in [0, 0.1) is 5.82 Å². The number of carbonyl (C=O) groups excluding carboxylic acids is 1. The van der Waals surface area contributed by atoms with E-state index in [0.717, 1.165) is 12.0 Å². The van der Waals surface area contributed by atoms with Crippen LogP contribution in [-0.4, -0.2) is 56.4 Å². The molecule has 5 nitrogen and oxygen atoms in total. The van der Waals surface area contributed by atoms with Crippen molar-refractivity contribution in [2.45, 2.75) is 36.8 Å². The molecule has 2 aliphatic rings. The zero-order valence-corrected chi connectivity index (χ0v) is 14.0. The van der Waals surface area contributed by atoms with Gasteiger partial charge < -0.3 is 20.1 Å². The summed E-state index contributed by atoms with van der Waals surface area (Å²) >= 11 is 0. The SMILES string of the molecule is CO[C@H]1CN(C(=O)C2(c3ccc(F)cc3)CCOCC2)CC[C@H]1N. The number of hydrogen-bond acceptors (Lipinski definition) is 4. The number of amides is 1. The summed E-state index contributed by atoms with van der Waals surface area (Å²) in [7, 11) is 1.63. The number of halogens is 1. The molecule has 2 aliphatic heterocycles. The van der Waals surface area contributed by atoms with Crippen molar-refractivity contribution in [1.29, 1.82) is 0 Å². The van der Waals surface area contributed by atoms with Crippen LogP contribution in [0.2, 0.25) is 0 Å². The lowest BCUT2D eigenvalue weighted by atomic mass is 9.72. The lowest BCUT2D eigenvalue weighted by Gasteiger charge is -2.43. The normalized spacial score (nSPS) is 27.0. The summed E-state index contributed by atoms with van der Waals surface area (Å²) in [5.41, 5.74) is 6.28. The van der Waals surface area contributed by atoms with E-state index in [2.05, 4.69) is 0 Å². The molecule has 132 valence electrons. The van der Waals surface area contributed by atoms with Gasteiger partial charge in [-0.3, -0.25) is 4.79 Å². The van der Waals surface area contributed by atoms with Gasteiger partial charge in [-0.15, -0.1) is 0 Å². The fourth-order valence-corrected chi connectivity index (χ4v) is 3.79. The van der Waals surface area contributed by atoms with Crippen LogP contribution < -0.4 is 5.73 Å². The first-order chi connectivity index (χ1) is 11.6. The highest BCUT2D eigenvalue weighted by Gasteiger charge is 2.45. The fraction of sp³-hybridized carbons (Fsp3) is 0.611. The van der Waals surface area contributed by atoms with Gasteiger partial charge in [-0.1, -0.05) is 12.1 Å². The summed E-state index contributed by atoms with van der Waals surface area (Å²) in [6.07, 6.45) is 1.79. The number of nitrogens with zero attached hydrogens (tertiary/aromatic N) is 1. The minimum Gasteiger partial charge on any atom is -0.381 e. The smallest absolute Gasteiger partial charge is 0.233 e. The topological polar surface area (TPSA) is 64.8 Å². The largest absolute Gasteiger partial charge is 0.381 e. The molecule has 0 radical (unpaired) electrons. The molecule has 2 atom stereocenters. The Hall–Kier alpha value is -1.50. The van der Waals surface area contributed by atoms with Crippen molar-refractivity contribution in [2.24, 2.45) is 5.73 Å². The van der Waals surface area contributed by atoms with E-state index in [1.807, 2.05) is 4.90 Å². The number of rotatable bonds is 3. The van der Waals surface area contributed by atoms with Crippen LogP contribution in [0.4, 0.5) is 4.39 Å². The third-order valence-corrected chi connectivity index (χ3v) is 5.35. The molecule has 0 bridgehead atoms. The predicted molar refractivity (Wildman–Crippen MR) is 88.1 cm³/mol. The van der Waals surface area contributed by atoms with Crippen molar-refractivity contribution in [3.63, 3.8) is 0 Å². The molecule has 0 spiro atoms. The van der Waals surface area contributed by atoms with E-state index < -0.39 is 5.41 Å². The molecule has 0 unspecified atom stereocenters. The molecular formula is C18H25FN2O3. The van der Waals surface area contributed by atoms with Gasteiger partial charge in [0.1, 0.15) is 5.82 Å². The van der Waals surface area contributed by atoms with E-state index >= 15 is 0 Å². The summed E-state index contributed by atoms with van der Waals surface area (Å²) in [5, 5.41) is 0. The molecule has 0 saturated carbocycles. The Labute approximate surface area is 141 Å². The van der Waals surface area contributed by atoms with Crippen molar-refractivity contribution in [3.8, 4) is 0 Å². The maximum Gasteiger partial charge on any atom is 0.233 e.